The van der Waals surface area contributed by atoms with Crippen LogP contribution >= 0.6 is 23.2 Å². The Balaban J connectivity index is 1.51. The molecule has 0 saturated carbocycles. The maximum atomic E-state index is 10.9. The van der Waals surface area contributed by atoms with Gasteiger partial charge in [0, 0.05) is 11.1 Å². The predicted octanol–water partition coefficient (Wildman–Crippen LogP) is 2.64. The van der Waals surface area contributed by atoms with Crippen molar-refractivity contribution in [2.45, 2.75) is 34.9 Å². The number of hydrogen-bond donors (Lipinski definition) is 2. The lowest BCUT2D eigenvalue weighted by Gasteiger charge is -2.27. The van der Waals surface area contributed by atoms with Gasteiger partial charge in [-0.25, -0.2) is 0 Å². The monoisotopic (exact) mass is 426 g/mol. The third kappa shape index (κ3) is 3.67. The summed E-state index contributed by atoms with van der Waals surface area (Å²) in [5.41, 5.74) is 1.18. The Morgan fingerprint density at radius 3 is 2.04 bits per heavy atom. The summed E-state index contributed by atoms with van der Waals surface area (Å²) in [5, 5.41) is 17.5. The molecule has 0 aromatic heterocycles. The molecule has 2 unspecified atom stereocenters. The molecule has 2 heterocycles. The molecule has 2 aliphatic heterocycles. The van der Waals surface area contributed by atoms with Crippen LogP contribution in [-0.2, 0) is 29.4 Å². The summed E-state index contributed by atoms with van der Waals surface area (Å²) in [6, 6.07) is 17.9. The van der Waals surface area contributed by atoms with Crippen LogP contribution in [0.3, 0.4) is 0 Å². The molecule has 2 fully saturated rings. The predicted molar refractivity (Wildman–Crippen MR) is 102 cm³/mol. The minimum Gasteiger partial charge on any atom is -0.394 e. The van der Waals surface area contributed by atoms with Crippen LogP contribution in [0, 0.1) is 0 Å². The molecular formula is C20H20Cl2O6. The van der Waals surface area contributed by atoms with Gasteiger partial charge in [-0.15, -0.1) is 0 Å². The van der Waals surface area contributed by atoms with Gasteiger partial charge in [0.2, 0.25) is 0 Å². The number of halogens is 2. The maximum Gasteiger partial charge on any atom is 0.277 e. The SMILES string of the molecule is OC[C@@H]1OC(Cl)(c2ccccc2)O[C@@H]1[C@@H](O)[C@H]1COC(Cl)(c2ccccc2)O1. The highest BCUT2D eigenvalue weighted by molar-refractivity contribution is 6.22. The summed E-state index contributed by atoms with van der Waals surface area (Å²) < 4.78 is 23.0. The van der Waals surface area contributed by atoms with Gasteiger partial charge in [-0.3, -0.25) is 0 Å². The second-order valence-electron chi connectivity index (χ2n) is 6.68. The van der Waals surface area contributed by atoms with E-state index in [1.807, 2.05) is 24.3 Å². The van der Waals surface area contributed by atoms with E-state index in [2.05, 4.69) is 0 Å². The fraction of sp³-hybridized carbons (Fsp3) is 0.400. The van der Waals surface area contributed by atoms with Gasteiger partial charge >= 0.3 is 0 Å². The van der Waals surface area contributed by atoms with Crippen molar-refractivity contribution in [3.05, 3.63) is 71.8 Å². The lowest BCUT2D eigenvalue weighted by molar-refractivity contribution is -0.154. The molecular weight excluding hydrogens is 407 g/mol. The molecule has 150 valence electrons. The van der Waals surface area contributed by atoms with E-state index in [1.54, 1.807) is 36.4 Å². The Kier molecular flexibility index (Phi) is 5.66. The first-order valence-electron chi connectivity index (χ1n) is 8.90. The largest absolute Gasteiger partial charge is 0.394 e. The Hall–Kier alpha value is -1.22. The zero-order chi connectivity index (χ0) is 19.8. The van der Waals surface area contributed by atoms with E-state index in [0.717, 1.165) is 0 Å². The van der Waals surface area contributed by atoms with Crippen molar-refractivity contribution in [2.75, 3.05) is 13.2 Å². The average molecular weight is 427 g/mol. The van der Waals surface area contributed by atoms with E-state index in [1.165, 1.54) is 0 Å². The molecule has 0 aliphatic carbocycles. The summed E-state index contributed by atoms with van der Waals surface area (Å²) in [4.78, 5) is 0. The van der Waals surface area contributed by atoms with E-state index in [0.29, 0.717) is 11.1 Å². The van der Waals surface area contributed by atoms with Crippen molar-refractivity contribution in [3.63, 3.8) is 0 Å². The van der Waals surface area contributed by atoms with Crippen LogP contribution in [0.25, 0.3) is 0 Å². The standard InChI is InChI=1S/C20H20Cl2O6/c21-19(13-7-3-1-4-8-13)25-12-16(27-19)17(24)18-15(11-23)26-20(22,28-18)14-9-5-2-6-10-14/h1-10,15-18,23-24H,11-12H2/t15-,16+,17-,18-,19?,20?/m0/s1. The van der Waals surface area contributed by atoms with E-state index in [4.69, 9.17) is 42.1 Å². The van der Waals surface area contributed by atoms with Gasteiger partial charge in [-0.2, -0.15) is 0 Å². The van der Waals surface area contributed by atoms with Crippen LogP contribution in [0.1, 0.15) is 11.1 Å². The van der Waals surface area contributed by atoms with Crippen molar-refractivity contribution in [2.24, 2.45) is 0 Å². The smallest absolute Gasteiger partial charge is 0.277 e. The van der Waals surface area contributed by atoms with Gasteiger partial charge in [0.15, 0.2) is 0 Å². The summed E-state index contributed by atoms with van der Waals surface area (Å²) >= 11 is 13.0. The highest BCUT2D eigenvalue weighted by Crippen LogP contribution is 2.45. The number of hydrogen-bond acceptors (Lipinski definition) is 6. The second-order valence-corrected chi connectivity index (χ2v) is 7.68. The van der Waals surface area contributed by atoms with E-state index >= 15 is 0 Å². The fourth-order valence-corrected chi connectivity index (χ4v) is 4.01. The van der Waals surface area contributed by atoms with Crippen LogP contribution in [0.5, 0.6) is 0 Å². The lowest BCUT2D eigenvalue weighted by atomic mass is 10.0. The molecule has 0 radical (unpaired) electrons. The first kappa shape index (κ1) is 20.1. The number of rotatable bonds is 5. The topological polar surface area (TPSA) is 77.4 Å². The normalized spacial score (nSPS) is 36.5. The third-order valence-corrected chi connectivity index (χ3v) is 5.64. The van der Waals surface area contributed by atoms with Crippen molar-refractivity contribution < 1.29 is 29.2 Å². The van der Waals surface area contributed by atoms with Crippen LogP contribution in [0.2, 0.25) is 0 Å². The molecule has 8 heteroatoms. The highest BCUT2D eigenvalue weighted by Gasteiger charge is 2.54. The van der Waals surface area contributed by atoms with Gasteiger partial charge < -0.3 is 29.2 Å². The van der Waals surface area contributed by atoms with Gasteiger partial charge in [0.25, 0.3) is 10.5 Å². The van der Waals surface area contributed by atoms with Gasteiger partial charge in [0.05, 0.1) is 13.2 Å². The molecule has 2 saturated heterocycles. The molecule has 6 atom stereocenters. The molecule has 2 aromatic carbocycles. The number of benzene rings is 2. The van der Waals surface area contributed by atoms with Gasteiger partial charge in [-0.1, -0.05) is 83.9 Å². The lowest BCUT2D eigenvalue weighted by Crippen LogP contribution is -2.45. The molecule has 6 nitrogen and oxygen atoms in total. The fourth-order valence-electron chi connectivity index (χ4n) is 3.37. The Labute approximate surface area is 172 Å². The molecule has 2 N–H and O–H groups in total. The molecule has 4 rings (SSSR count). The summed E-state index contributed by atoms with van der Waals surface area (Å²) in [7, 11) is 0. The zero-order valence-electron chi connectivity index (χ0n) is 14.8. The van der Waals surface area contributed by atoms with Crippen LogP contribution < -0.4 is 0 Å². The van der Waals surface area contributed by atoms with E-state index in [9.17, 15) is 10.2 Å². The van der Waals surface area contributed by atoms with E-state index in [-0.39, 0.29) is 13.2 Å². The van der Waals surface area contributed by atoms with Gasteiger partial charge in [0.1, 0.15) is 24.4 Å². The summed E-state index contributed by atoms with van der Waals surface area (Å²) in [5.74, 6) is 0. The number of alkyl halides is 2. The number of aliphatic hydroxyl groups is 2. The van der Waals surface area contributed by atoms with E-state index < -0.39 is 34.9 Å². The van der Waals surface area contributed by atoms with Crippen molar-refractivity contribution in [1.29, 1.82) is 0 Å². The zero-order valence-corrected chi connectivity index (χ0v) is 16.3. The molecule has 0 amide bonds. The third-order valence-electron chi connectivity index (χ3n) is 4.83. The highest BCUT2D eigenvalue weighted by atomic mass is 35.5. The minimum absolute atomic E-state index is 0.0399. The van der Waals surface area contributed by atoms with Crippen LogP contribution in [0.4, 0.5) is 0 Å². The number of ether oxygens (including phenoxy) is 4. The summed E-state index contributed by atoms with van der Waals surface area (Å²) in [6.07, 6.45) is -3.77. The average Bonchev–Trinajstić information content (AvgIpc) is 3.31. The molecule has 0 spiro atoms. The first-order chi connectivity index (χ1) is 13.5. The number of aliphatic hydroxyl groups excluding tert-OH is 2. The Morgan fingerprint density at radius 1 is 0.893 bits per heavy atom. The minimum atomic E-state index is -1.61. The Bertz CT molecular complexity index is 794. The quantitative estimate of drug-likeness (QED) is 0.715. The van der Waals surface area contributed by atoms with Crippen molar-refractivity contribution in [1.82, 2.24) is 0 Å². The Morgan fingerprint density at radius 2 is 1.46 bits per heavy atom. The molecule has 28 heavy (non-hydrogen) atoms. The second kappa shape index (κ2) is 7.89. The summed E-state index contributed by atoms with van der Waals surface area (Å²) in [6.45, 7) is -0.348. The maximum absolute atomic E-state index is 10.9. The van der Waals surface area contributed by atoms with Crippen LogP contribution in [0.15, 0.2) is 60.7 Å². The molecule has 2 aromatic rings. The van der Waals surface area contributed by atoms with Crippen molar-refractivity contribution >= 4 is 23.2 Å². The first-order valence-corrected chi connectivity index (χ1v) is 9.66. The molecule has 2 aliphatic rings. The van der Waals surface area contributed by atoms with Crippen molar-refractivity contribution in [3.8, 4) is 0 Å². The van der Waals surface area contributed by atoms with Crippen LogP contribution in [-0.4, -0.2) is 47.8 Å². The van der Waals surface area contributed by atoms with Gasteiger partial charge in [-0.05, 0) is 0 Å². The molecule has 0 bridgehead atoms.